The van der Waals surface area contributed by atoms with Crippen LogP contribution in [0.4, 0.5) is 0 Å². The molecule has 0 aliphatic heterocycles. The topological polar surface area (TPSA) is 0 Å². The second kappa shape index (κ2) is 67.8. The molecule has 0 bridgehead atoms. The van der Waals surface area contributed by atoms with Crippen LogP contribution in [0.1, 0.15) is 0 Å². The molecule has 0 aromatic carbocycles. The average Bonchev–Trinajstić information content (AvgIpc) is 0. The maximum Gasteiger partial charge on any atom is 0.187 e. The maximum absolute atomic E-state index is 0. The third-order valence-corrected chi connectivity index (χ3v) is 0. The summed E-state index contributed by atoms with van der Waals surface area (Å²) in [4.78, 5) is 0. The summed E-state index contributed by atoms with van der Waals surface area (Å²) in [6.07, 6.45) is 0. The fraction of sp³-hybridized carbons (Fsp3) is 0. The summed E-state index contributed by atoms with van der Waals surface area (Å²) in [6, 6.07) is 0. The van der Waals surface area contributed by atoms with Crippen molar-refractivity contribution >= 4 is 52.1 Å². The van der Waals surface area contributed by atoms with Crippen LogP contribution < -0.4 is 0 Å². The number of rotatable bonds is 0. The molecule has 0 saturated heterocycles. The van der Waals surface area contributed by atoms with Gasteiger partial charge >= 0.3 is 0 Å². The zero-order chi connectivity index (χ0) is 0. The van der Waals surface area contributed by atoms with Crippen molar-refractivity contribution in [3.05, 3.63) is 0 Å². The quantitative estimate of drug-likeness (QED) is 0.380. The molecule has 0 spiro atoms. The minimum absolute atomic E-state index is 0. The molecule has 8 heavy (non-hydrogen) atoms. The van der Waals surface area contributed by atoms with Crippen molar-refractivity contribution in [1.82, 2.24) is 0 Å². The van der Waals surface area contributed by atoms with Crippen LogP contribution in [0, 0.1) is 0 Å². The first-order valence-corrected chi connectivity index (χ1v) is 0. The van der Waals surface area contributed by atoms with Gasteiger partial charge in [-0.15, -0.1) is 0 Å². The standard InChI is InChI=1S/3Al.5Ni.9H. The maximum atomic E-state index is 0. The van der Waals surface area contributed by atoms with Crippen molar-refractivity contribution < 1.29 is 82.5 Å². The summed E-state index contributed by atoms with van der Waals surface area (Å²) in [7, 11) is 0. The van der Waals surface area contributed by atoms with Gasteiger partial charge in [0.25, 0.3) is 0 Å². The minimum atomic E-state index is 0. The molecule has 0 aromatic heterocycles. The van der Waals surface area contributed by atoms with Crippen LogP contribution >= 0.6 is 0 Å². The molecule has 0 aromatic rings. The van der Waals surface area contributed by atoms with E-state index in [1.165, 1.54) is 0 Å². The van der Waals surface area contributed by atoms with Gasteiger partial charge in [-0.25, -0.2) is 0 Å². The fourth-order valence-electron chi connectivity index (χ4n) is 0. The Morgan fingerprint density at radius 2 is 0.250 bits per heavy atom. The van der Waals surface area contributed by atoms with E-state index in [4.69, 9.17) is 0 Å². The van der Waals surface area contributed by atoms with E-state index in [2.05, 4.69) is 0 Å². The van der Waals surface area contributed by atoms with Crippen LogP contribution in [0.25, 0.3) is 0 Å². The van der Waals surface area contributed by atoms with E-state index in [-0.39, 0.29) is 135 Å². The summed E-state index contributed by atoms with van der Waals surface area (Å²) in [5.74, 6) is 0. The molecule has 0 atom stereocenters. The third-order valence-electron chi connectivity index (χ3n) is 0. The Labute approximate surface area is 132 Å². The molecule has 0 amide bonds. The Kier molecular flexibility index (Phi) is 758. The van der Waals surface area contributed by atoms with Gasteiger partial charge in [0.15, 0.2) is 52.1 Å². The molecule has 0 radical (unpaired) electrons. The normalized spacial score (nSPS) is 0. The van der Waals surface area contributed by atoms with Gasteiger partial charge in [0.2, 0.25) is 0 Å². The molecule has 0 unspecified atom stereocenters. The van der Waals surface area contributed by atoms with E-state index >= 15 is 0 Å². The Morgan fingerprint density at radius 1 is 0.250 bits per heavy atom. The number of hydrogen-bond acceptors (Lipinski definition) is 0. The Morgan fingerprint density at radius 3 is 0.250 bits per heavy atom. The average molecular weight is 383 g/mol. The zero-order valence-electron chi connectivity index (χ0n) is 1.58. The van der Waals surface area contributed by atoms with Crippen LogP contribution in [0.5, 0.6) is 0 Å². The van der Waals surface area contributed by atoms with Gasteiger partial charge < -0.3 is 0 Å². The van der Waals surface area contributed by atoms with Gasteiger partial charge in [-0.1, -0.05) is 0 Å². The first-order valence-electron chi connectivity index (χ1n) is 0. The van der Waals surface area contributed by atoms with Crippen molar-refractivity contribution in [1.29, 1.82) is 0 Å². The van der Waals surface area contributed by atoms with Crippen molar-refractivity contribution in [2.75, 3.05) is 0 Å². The Hall–Kier alpha value is 4.06. The summed E-state index contributed by atoms with van der Waals surface area (Å²) >= 11 is 0. The summed E-state index contributed by atoms with van der Waals surface area (Å²) in [5, 5.41) is 0. The summed E-state index contributed by atoms with van der Waals surface area (Å²) in [6.45, 7) is 0. The zero-order valence-corrected chi connectivity index (χ0v) is 6.52. The molecule has 0 fully saturated rings. The van der Waals surface area contributed by atoms with Crippen LogP contribution in [0.15, 0.2) is 0 Å². The van der Waals surface area contributed by atoms with Gasteiger partial charge in [-0.3, -0.25) is 0 Å². The summed E-state index contributed by atoms with van der Waals surface area (Å²) in [5.41, 5.74) is 0. The van der Waals surface area contributed by atoms with Crippen molar-refractivity contribution in [3.63, 3.8) is 0 Å². The van der Waals surface area contributed by atoms with Gasteiger partial charge in [-0.2, -0.15) is 0 Å². The van der Waals surface area contributed by atoms with E-state index < -0.39 is 0 Å². The molecule has 0 rings (SSSR count). The third kappa shape index (κ3) is 50.1. The van der Waals surface area contributed by atoms with Crippen molar-refractivity contribution in [2.24, 2.45) is 0 Å². The van der Waals surface area contributed by atoms with Crippen molar-refractivity contribution in [2.45, 2.75) is 0 Å². The predicted molar refractivity (Wildman–Crippen MR) is 29.8 cm³/mol. The van der Waals surface area contributed by atoms with Crippen LogP contribution in [-0.4, -0.2) is 52.1 Å². The largest absolute Gasteiger partial charge is 0.187 e. The molecular formula is H9Al3Ni5. The molecule has 0 saturated carbocycles. The van der Waals surface area contributed by atoms with E-state index in [0.717, 1.165) is 0 Å². The van der Waals surface area contributed by atoms with Crippen LogP contribution in [-0.2, 0) is 82.5 Å². The molecule has 0 aliphatic carbocycles. The van der Waals surface area contributed by atoms with E-state index in [1.807, 2.05) is 0 Å². The molecule has 0 nitrogen and oxygen atoms in total. The second-order valence-corrected chi connectivity index (χ2v) is 0. The van der Waals surface area contributed by atoms with Crippen molar-refractivity contribution in [3.8, 4) is 0 Å². The molecule has 0 N–H and O–H groups in total. The smallest absolute Gasteiger partial charge is 0 e. The van der Waals surface area contributed by atoms with Gasteiger partial charge in [0.05, 0.1) is 0 Å². The molecule has 0 aliphatic rings. The first-order chi connectivity index (χ1) is 0. The molecule has 8 heteroatoms. The Balaban J connectivity index is 0. The van der Waals surface area contributed by atoms with Gasteiger partial charge in [0.1, 0.15) is 0 Å². The second-order valence-electron chi connectivity index (χ2n) is 0. The molecule has 68 valence electrons. The first kappa shape index (κ1) is 89.4. The van der Waals surface area contributed by atoms with E-state index in [1.54, 1.807) is 0 Å². The van der Waals surface area contributed by atoms with E-state index in [0.29, 0.717) is 0 Å². The van der Waals surface area contributed by atoms with Crippen LogP contribution in [0.3, 0.4) is 0 Å². The SMILES string of the molecule is [AlH3].[AlH3].[AlH3].[Ni].[Ni].[Ni].[Ni].[Ni]. The monoisotopic (exact) mass is 380 g/mol. The fourth-order valence-corrected chi connectivity index (χ4v) is 0. The van der Waals surface area contributed by atoms with Gasteiger partial charge in [0, 0.05) is 82.5 Å². The molecule has 0 heterocycles. The number of hydrogen-bond donors (Lipinski definition) is 0. The summed E-state index contributed by atoms with van der Waals surface area (Å²) < 4.78 is 0. The van der Waals surface area contributed by atoms with Gasteiger partial charge in [-0.05, 0) is 0 Å². The minimum Gasteiger partial charge on any atom is 0 e. The van der Waals surface area contributed by atoms with Crippen LogP contribution in [0.2, 0.25) is 0 Å². The predicted octanol–water partition coefficient (Wildman–Crippen LogP) is -3.56. The van der Waals surface area contributed by atoms with E-state index in [9.17, 15) is 0 Å². The molecular weight excluding hydrogens is 374 g/mol. The Bertz CT molecular complexity index is 7.64.